The lowest BCUT2D eigenvalue weighted by Crippen LogP contribution is -2.09. The van der Waals surface area contributed by atoms with Gasteiger partial charge in [0.2, 0.25) is 5.28 Å². The van der Waals surface area contributed by atoms with Crippen LogP contribution in [-0.4, -0.2) is 28.2 Å². The lowest BCUT2D eigenvalue weighted by atomic mass is 9.96. The first-order valence-electron chi connectivity index (χ1n) is 7.66. The molecule has 1 aliphatic carbocycles. The van der Waals surface area contributed by atoms with E-state index >= 15 is 0 Å². The van der Waals surface area contributed by atoms with Crippen LogP contribution in [0, 0.1) is 6.92 Å². The van der Waals surface area contributed by atoms with Gasteiger partial charge in [0, 0.05) is 24.6 Å². The van der Waals surface area contributed by atoms with Crippen LogP contribution >= 0.6 is 11.6 Å². The van der Waals surface area contributed by atoms with Crippen LogP contribution in [0.5, 0.6) is 0 Å². The second-order valence-electron chi connectivity index (χ2n) is 5.71. The normalized spacial score (nSPS) is 16.6. The summed E-state index contributed by atoms with van der Waals surface area (Å²) in [5, 5.41) is 12.5. The van der Waals surface area contributed by atoms with Crippen LogP contribution in [-0.2, 0) is 6.42 Å². The number of rotatable bonds is 5. The third kappa shape index (κ3) is 3.08. The van der Waals surface area contributed by atoms with Crippen LogP contribution in [0.25, 0.3) is 0 Å². The number of hydrogen-bond acceptors (Lipinski definition) is 4. The molecule has 0 amide bonds. The first-order valence-corrected chi connectivity index (χ1v) is 8.04. The molecule has 0 saturated heterocycles. The van der Waals surface area contributed by atoms with Gasteiger partial charge in [0.15, 0.2) is 0 Å². The Morgan fingerprint density at radius 1 is 1.27 bits per heavy atom. The molecule has 1 aromatic heterocycles. The number of aryl methyl sites for hydroxylation is 1. The summed E-state index contributed by atoms with van der Waals surface area (Å²) in [5.41, 5.74) is 4.73. The summed E-state index contributed by atoms with van der Waals surface area (Å²) in [6.07, 6.45) is 2.67. The van der Waals surface area contributed by atoms with Crippen molar-refractivity contribution in [2.45, 2.75) is 32.1 Å². The van der Waals surface area contributed by atoms with Crippen molar-refractivity contribution >= 4 is 17.4 Å². The molecule has 3 rings (SSSR count). The first-order chi connectivity index (χ1) is 10.7. The highest BCUT2D eigenvalue weighted by atomic mass is 35.5. The standard InChI is InChI=1S/C17H20ClN3O/c1-11-3-5-12(6-4-11)13-7-8-14-15(13)20-17(18)21-16(14)19-9-2-10-22/h3-6,13,22H,2,7-10H2,1H3,(H,19,20,21). The van der Waals surface area contributed by atoms with Crippen LogP contribution < -0.4 is 5.32 Å². The minimum atomic E-state index is 0.167. The zero-order valence-electron chi connectivity index (χ0n) is 12.6. The number of benzene rings is 1. The van der Waals surface area contributed by atoms with Gasteiger partial charge in [0.1, 0.15) is 5.82 Å². The molecule has 1 aromatic carbocycles. The summed E-state index contributed by atoms with van der Waals surface area (Å²) in [4.78, 5) is 8.81. The van der Waals surface area contributed by atoms with E-state index in [9.17, 15) is 0 Å². The third-order valence-electron chi connectivity index (χ3n) is 4.13. The van der Waals surface area contributed by atoms with Gasteiger partial charge < -0.3 is 10.4 Å². The van der Waals surface area contributed by atoms with Gasteiger partial charge in [-0.1, -0.05) is 29.8 Å². The summed E-state index contributed by atoms with van der Waals surface area (Å²) >= 11 is 6.11. The quantitative estimate of drug-likeness (QED) is 0.656. The van der Waals surface area contributed by atoms with Crippen molar-refractivity contribution in [1.82, 2.24) is 9.97 Å². The average molecular weight is 318 g/mol. The molecule has 0 spiro atoms. The molecule has 5 heteroatoms. The van der Waals surface area contributed by atoms with Crippen molar-refractivity contribution in [3.63, 3.8) is 0 Å². The summed E-state index contributed by atoms with van der Waals surface area (Å²) in [7, 11) is 0. The number of nitrogens with zero attached hydrogens (tertiary/aromatic N) is 2. The Kier molecular flexibility index (Phi) is 4.60. The Hall–Kier alpha value is -1.65. The Morgan fingerprint density at radius 3 is 2.77 bits per heavy atom. The molecule has 0 bridgehead atoms. The summed E-state index contributed by atoms with van der Waals surface area (Å²) < 4.78 is 0. The fraction of sp³-hybridized carbons (Fsp3) is 0.412. The molecule has 0 saturated carbocycles. The zero-order valence-corrected chi connectivity index (χ0v) is 13.4. The van der Waals surface area contributed by atoms with Gasteiger partial charge in [0.05, 0.1) is 5.69 Å². The smallest absolute Gasteiger partial charge is 0.224 e. The number of nitrogens with one attached hydrogen (secondary N) is 1. The Bertz CT molecular complexity index is 658. The lowest BCUT2D eigenvalue weighted by molar-refractivity contribution is 0.292. The highest BCUT2D eigenvalue weighted by molar-refractivity contribution is 6.28. The molecule has 1 unspecified atom stereocenters. The van der Waals surface area contributed by atoms with Crippen molar-refractivity contribution in [1.29, 1.82) is 0 Å². The predicted molar refractivity (Wildman–Crippen MR) is 88.6 cm³/mol. The Labute approximate surface area is 135 Å². The molecule has 1 heterocycles. The Morgan fingerprint density at radius 2 is 2.05 bits per heavy atom. The van der Waals surface area contributed by atoms with E-state index in [-0.39, 0.29) is 17.8 Å². The maximum absolute atomic E-state index is 8.91. The van der Waals surface area contributed by atoms with E-state index in [2.05, 4.69) is 46.5 Å². The minimum Gasteiger partial charge on any atom is -0.396 e. The first kappa shape index (κ1) is 15.3. The van der Waals surface area contributed by atoms with E-state index in [1.54, 1.807) is 0 Å². The van der Waals surface area contributed by atoms with Gasteiger partial charge >= 0.3 is 0 Å². The van der Waals surface area contributed by atoms with Crippen molar-refractivity contribution < 1.29 is 5.11 Å². The number of aliphatic hydroxyl groups excluding tert-OH is 1. The predicted octanol–water partition coefficient (Wildman–Crippen LogP) is 3.31. The molecule has 22 heavy (non-hydrogen) atoms. The molecule has 4 nitrogen and oxygen atoms in total. The van der Waals surface area contributed by atoms with E-state index in [0.29, 0.717) is 13.0 Å². The van der Waals surface area contributed by atoms with E-state index in [1.807, 2.05) is 0 Å². The SMILES string of the molecule is Cc1ccc(C2CCc3c(NCCCO)nc(Cl)nc32)cc1. The summed E-state index contributed by atoms with van der Waals surface area (Å²) in [5.74, 6) is 1.10. The van der Waals surface area contributed by atoms with Crippen LogP contribution in [0.3, 0.4) is 0 Å². The number of hydrogen-bond donors (Lipinski definition) is 2. The van der Waals surface area contributed by atoms with Gasteiger partial charge in [0.25, 0.3) is 0 Å². The monoisotopic (exact) mass is 317 g/mol. The molecule has 0 radical (unpaired) electrons. The molecule has 0 fully saturated rings. The van der Waals surface area contributed by atoms with Gasteiger partial charge in [-0.2, -0.15) is 0 Å². The van der Waals surface area contributed by atoms with Gasteiger partial charge in [-0.3, -0.25) is 0 Å². The number of halogens is 1. The molecule has 0 aliphatic heterocycles. The second kappa shape index (κ2) is 6.63. The molecule has 116 valence electrons. The van der Waals surface area contributed by atoms with E-state index in [1.165, 1.54) is 11.1 Å². The third-order valence-corrected chi connectivity index (χ3v) is 4.30. The fourth-order valence-corrected chi connectivity index (χ4v) is 3.16. The number of aliphatic hydroxyl groups is 1. The molecule has 2 N–H and O–H groups in total. The number of aromatic nitrogens is 2. The van der Waals surface area contributed by atoms with Gasteiger partial charge in [-0.05, 0) is 43.4 Å². The van der Waals surface area contributed by atoms with Crippen LogP contribution in [0.2, 0.25) is 5.28 Å². The minimum absolute atomic E-state index is 0.167. The Balaban J connectivity index is 1.91. The zero-order chi connectivity index (χ0) is 15.5. The van der Waals surface area contributed by atoms with Crippen molar-refractivity contribution in [2.24, 2.45) is 0 Å². The van der Waals surface area contributed by atoms with Crippen molar-refractivity contribution in [3.05, 3.63) is 51.9 Å². The highest BCUT2D eigenvalue weighted by Gasteiger charge is 2.29. The van der Waals surface area contributed by atoms with Crippen molar-refractivity contribution in [3.8, 4) is 0 Å². The van der Waals surface area contributed by atoms with Crippen LogP contribution in [0.1, 0.15) is 41.1 Å². The van der Waals surface area contributed by atoms with Crippen molar-refractivity contribution in [2.75, 3.05) is 18.5 Å². The molecular weight excluding hydrogens is 298 g/mol. The molecule has 2 aromatic rings. The fourth-order valence-electron chi connectivity index (χ4n) is 2.99. The molecule has 1 atom stereocenters. The maximum Gasteiger partial charge on any atom is 0.224 e. The average Bonchev–Trinajstić information content (AvgIpc) is 2.92. The van der Waals surface area contributed by atoms with E-state index in [0.717, 1.165) is 29.9 Å². The van der Waals surface area contributed by atoms with Gasteiger partial charge in [-0.15, -0.1) is 0 Å². The van der Waals surface area contributed by atoms with E-state index < -0.39 is 0 Å². The van der Waals surface area contributed by atoms with Crippen LogP contribution in [0.15, 0.2) is 24.3 Å². The molecule has 1 aliphatic rings. The largest absolute Gasteiger partial charge is 0.396 e. The van der Waals surface area contributed by atoms with Crippen LogP contribution in [0.4, 0.5) is 5.82 Å². The van der Waals surface area contributed by atoms with E-state index in [4.69, 9.17) is 16.7 Å². The highest BCUT2D eigenvalue weighted by Crippen LogP contribution is 2.40. The second-order valence-corrected chi connectivity index (χ2v) is 6.05. The van der Waals surface area contributed by atoms with Gasteiger partial charge in [-0.25, -0.2) is 9.97 Å². The number of fused-ring (bicyclic) bond motifs is 1. The summed E-state index contributed by atoms with van der Waals surface area (Å²) in [6, 6.07) is 8.61. The maximum atomic E-state index is 8.91. The number of anilines is 1. The topological polar surface area (TPSA) is 58.0 Å². The lowest BCUT2D eigenvalue weighted by Gasteiger charge is -2.13. The summed E-state index contributed by atoms with van der Waals surface area (Å²) in [6.45, 7) is 2.94. The molecular formula is C17H20ClN3O.